The number of benzene rings is 1. The summed E-state index contributed by atoms with van der Waals surface area (Å²) in [5, 5.41) is 9.64. The highest BCUT2D eigenvalue weighted by Gasteiger charge is 2.04. The van der Waals surface area contributed by atoms with Crippen LogP contribution < -0.4 is 4.74 Å². The highest BCUT2D eigenvalue weighted by atomic mass is 79.9. The Labute approximate surface area is 77.9 Å². The fraction of sp³-hybridized carbons (Fsp3) is 0.143. The second-order valence-corrected chi connectivity index (χ2v) is 3.20. The van der Waals surface area contributed by atoms with Gasteiger partial charge in [-0.3, -0.25) is 0 Å². The van der Waals surface area contributed by atoms with Crippen LogP contribution in [-0.4, -0.2) is 12.2 Å². The third-order valence-electron chi connectivity index (χ3n) is 1.22. The van der Waals surface area contributed by atoms with Crippen LogP contribution >= 0.6 is 27.5 Å². The lowest BCUT2D eigenvalue weighted by Gasteiger charge is -2.03. The molecule has 0 amide bonds. The molecule has 0 bridgehead atoms. The third-order valence-corrected chi connectivity index (χ3v) is 2.15. The van der Waals surface area contributed by atoms with Crippen molar-refractivity contribution >= 4 is 27.5 Å². The zero-order valence-corrected chi connectivity index (χ0v) is 8.11. The van der Waals surface area contributed by atoms with Gasteiger partial charge in [-0.2, -0.15) is 0 Å². The lowest BCUT2D eigenvalue weighted by atomic mass is 10.3. The van der Waals surface area contributed by atoms with Gasteiger partial charge < -0.3 is 9.84 Å². The average Bonchev–Trinajstić information content (AvgIpc) is 1.97. The van der Waals surface area contributed by atoms with Gasteiger partial charge in [0.1, 0.15) is 11.5 Å². The molecule has 0 aliphatic rings. The van der Waals surface area contributed by atoms with Crippen molar-refractivity contribution in [3.8, 4) is 11.5 Å². The molecule has 2 nitrogen and oxygen atoms in total. The van der Waals surface area contributed by atoms with E-state index in [4.69, 9.17) is 16.3 Å². The number of aromatic hydroxyl groups is 1. The molecule has 0 radical (unpaired) electrons. The van der Waals surface area contributed by atoms with Crippen LogP contribution in [-0.2, 0) is 0 Å². The molecule has 0 aromatic heterocycles. The molecule has 0 unspecified atom stereocenters. The van der Waals surface area contributed by atoms with Gasteiger partial charge in [0.25, 0.3) is 0 Å². The average molecular weight is 237 g/mol. The molecule has 0 aliphatic heterocycles. The molecule has 0 heterocycles. The summed E-state index contributed by atoms with van der Waals surface area (Å²) in [6, 6.07) is 3.03. The van der Waals surface area contributed by atoms with Gasteiger partial charge in [-0.1, -0.05) is 11.6 Å². The molecular weight excluding hydrogens is 231 g/mol. The molecule has 0 atom stereocenters. The third kappa shape index (κ3) is 1.79. The number of hydrogen-bond donors (Lipinski definition) is 1. The molecule has 4 heteroatoms. The van der Waals surface area contributed by atoms with Gasteiger partial charge >= 0.3 is 0 Å². The van der Waals surface area contributed by atoms with Crippen molar-refractivity contribution in [2.45, 2.75) is 0 Å². The summed E-state index contributed by atoms with van der Waals surface area (Å²) in [6.45, 7) is 0. The Hall–Kier alpha value is -0.410. The first-order valence-electron chi connectivity index (χ1n) is 2.87. The predicted octanol–water partition coefficient (Wildman–Crippen LogP) is 2.82. The maximum absolute atomic E-state index is 9.17. The van der Waals surface area contributed by atoms with Crippen molar-refractivity contribution in [1.82, 2.24) is 0 Å². The van der Waals surface area contributed by atoms with Crippen molar-refractivity contribution in [2.24, 2.45) is 0 Å². The van der Waals surface area contributed by atoms with Gasteiger partial charge in [0.2, 0.25) is 0 Å². The van der Waals surface area contributed by atoms with E-state index in [0.29, 0.717) is 15.2 Å². The molecule has 1 rings (SSSR count). The fourth-order valence-corrected chi connectivity index (χ4v) is 1.39. The Kier molecular flexibility index (Phi) is 2.62. The van der Waals surface area contributed by atoms with E-state index in [-0.39, 0.29) is 5.75 Å². The number of ether oxygens (including phenoxy) is 1. The second kappa shape index (κ2) is 3.32. The molecule has 1 aromatic rings. The van der Waals surface area contributed by atoms with Crippen molar-refractivity contribution in [2.75, 3.05) is 7.11 Å². The van der Waals surface area contributed by atoms with Gasteiger partial charge in [0, 0.05) is 6.07 Å². The first-order valence-corrected chi connectivity index (χ1v) is 4.04. The zero-order valence-electron chi connectivity index (χ0n) is 5.77. The maximum atomic E-state index is 9.17. The standard InChI is InChI=1S/C7H6BrClO2/c1-11-7-3-6(10)4(8)2-5(7)9/h2-3,10H,1H3. The van der Waals surface area contributed by atoms with E-state index in [1.807, 2.05) is 0 Å². The minimum atomic E-state index is 0.117. The quantitative estimate of drug-likeness (QED) is 0.814. The van der Waals surface area contributed by atoms with Crippen LogP contribution in [0.25, 0.3) is 0 Å². The van der Waals surface area contributed by atoms with E-state index in [1.165, 1.54) is 13.2 Å². The molecule has 1 aromatic carbocycles. The minimum Gasteiger partial charge on any atom is -0.507 e. The summed E-state index contributed by atoms with van der Waals surface area (Å²) in [5.74, 6) is 0.582. The van der Waals surface area contributed by atoms with E-state index in [0.717, 1.165) is 0 Å². The number of methoxy groups -OCH3 is 1. The minimum absolute atomic E-state index is 0.117. The summed E-state index contributed by atoms with van der Waals surface area (Å²) in [4.78, 5) is 0. The zero-order chi connectivity index (χ0) is 8.43. The van der Waals surface area contributed by atoms with E-state index < -0.39 is 0 Å². The molecule has 0 spiro atoms. The Balaban J connectivity index is 3.21. The molecular formula is C7H6BrClO2. The largest absolute Gasteiger partial charge is 0.507 e. The smallest absolute Gasteiger partial charge is 0.141 e. The van der Waals surface area contributed by atoms with Crippen LogP contribution in [0.5, 0.6) is 11.5 Å². The van der Waals surface area contributed by atoms with Crippen LogP contribution in [0.4, 0.5) is 0 Å². The van der Waals surface area contributed by atoms with Crippen molar-refractivity contribution < 1.29 is 9.84 Å². The lowest BCUT2D eigenvalue weighted by Crippen LogP contribution is -1.83. The molecule has 1 N–H and O–H groups in total. The van der Waals surface area contributed by atoms with E-state index >= 15 is 0 Å². The summed E-state index contributed by atoms with van der Waals surface area (Å²) in [7, 11) is 1.49. The Morgan fingerprint density at radius 2 is 2.18 bits per heavy atom. The first kappa shape index (κ1) is 8.68. The van der Waals surface area contributed by atoms with Crippen molar-refractivity contribution in [3.05, 3.63) is 21.6 Å². The van der Waals surface area contributed by atoms with Gasteiger partial charge in [-0.25, -0.2) is 0 Å². The molecule has 60 valence electrons. The normalized spacial score (nSPS) is 9.73. The van der Waals surface area contributed by atoms with Crippen molar-refractivity contribution in [1.29, 1.82) is 0 Å². The predicted molar refractivity (Wildman–Crippen MR) is 47.4 cm³/mol. The van der Waals surface area contributed by atoms with Gasteiger partial charge in [0.05, 0.1) is 16.6 Å². The molecule has 0 aliphatic carbocycles. The van der Waals surface area contributed by atoms with Gasteiger partial charge in [-0.05, 0) is 22.0 Å². The Morgan fingerprint density at radius 1 is 1.55 bits per heavy atom. The van der Waals surface area contributed by atoms with E-state index in [1.54, 1.807) is 6.07 Å². The van der Waals surface area contributed by atoms with E-state index in [2.05, 4.69) is 15.9 Å². The fourth-order valence-electron chi connectivity index (χ4n) is 0.675. The van der Waals surface area contributed by atoms with Crippen LogP contribution in [0.3, 0.4) is 0 Å². The number of phenolic OH excluding ortho intramolecular Hbond substituents is 1. The molecule has 0 saturated carbocycles. The summed E-state index contributed by atoms with van der Waals surface area (Å²) < 4.78 is 5.43. The monoisotopic (exact) mass is 236 g/mol. The summed E-state index contributed by atoms with van der Waals surface area (Å²) in [6.07, 6.45) is 0. The first-order chi connectivity index (χ1) is 5.15. The Morgan fingerprint density at radius 3 is 2.73 bits per heavy atom. The van der Waals surface area contributed by atoms with Gasteiger partial charge in [-0.15, -0.1) is 0 Å². The van der Waals surface area contributed by atoms with E-state index in [9.17, 15) is 5.11 Å². The molecule has 0 saturated heterocycles. The highest BCUT2D eigenvalue weighted by molar-refractivity contribution is 9.10. The number of phenols is 1. The van der Waals surface area contributed by atoms with Crippen LogP contribution in [0.1, 0.15) is 0 Å². The molecule has 11 heavy (non-hydrogen) atoms. The molecule has 0 fully saturated rings. The Bertz CT molecular complexity index is 275. The summed E-state index contributed by atoms with van der Waals surface area (Å²) >= 11 is 8.85. The maximum Gasteiger partial charge on any atom is 0.141 e. The topological polar surface area (TPSA) is 29.5 Å². The lowest BCUT2D eigenvalue weighted by molar-refractivity contribution is 0.407. The van der Waals surface area contributed by atoms with Gasteiger partial charge in [0.15, 0.2) is 0 Å². The number of rotatable bonds is 1. The summed E-state index contributed by atoms with van der Waals surface area (Å²) in [5.41, 5.74) is 0. The highest BCUT2D eigenvalue weighted by Crippen LogP contribution is 2.34. The van der Waals surface area contributed by atoms with Crippen LogP contribution in [0.2, 0.25) is 5.02 Å². The SMILES string of the molecule is COc1cc(O)c(Br)cc1Cl. The van der Waals surface area contributed by atoms with Crippen molar-refractivity contribution in [3.63, 3.8) is 0 Å². The number of hydrogen-bond acceptors (Lipinski definition) is 2. The number of halogens is 2. The van der Waals surface area contributed by atoms with Crippen LogP contribution in [0, 0.1) is 0 Å². The van der Waals surface area contributed by atoms with Crippen LogP contribution in [0.15, 0.2) is 16.6 Å². The second-order valence-electron chi connectivity index (χ2n) is 1.94.